The van der Waals surface area contributed by atoms with Crippen LogP contribution in [0.2, 0.25) is 0 Å². The highest BCUT2D eigenvalue weighted by Crippen LogP contribution is 2.23. The van der Waals surface area contributed by atoms with Gasteiger partial charge in [-0.1, -0.05) is 24.3 Å². The Morgan fingerprint density at radius 3 is 2.72 bits per heavy atom. The minimum Gasteiger partial charge on any atom is -0.375 e. The molecule has 1 aliphatic rings. The predicted molar refractivity (Wildman–Crippen MR) is 111 cm³/mol. The van der Waals surface area contributed by atoms with Gasteiger partial charge in [-0.25, -0.2) is 4.98 Å². The summed E-state index contributed by atoms with van der Waals surface area (Å²) >= 11 is 1.48. The number of ether oxygens (including phenoxy) is 1. The Morgan fingerprint density at radius 2 is 2.03 bits per heavy atom. The van der Waals surface area contributed by atoms with Gasteiger partial charge in [-0.3, -0.25) is 14.4 Å². The van der Waals surface area contributed by atoms with Crippen LogP contribution < -0.4 is 5.32 Å². The summed E-state index contributed by atoms with van der Waals surface area (Å²) < 4.78 is 4.90. The van der Waals surface area contributed by atoms with Gasteiger partial charge in [-0.2, -0.15) is 0 Å². The van der Waals surface area contributed by atoms with Gasteiger partial charge in [0.2, 0.25) is 11.8 Å². The van der Waals surface area contributed by atoms with E-state index in [-0.39, 0.29) is 30.1 Å². The number of benzene rings is 1. The van der Waals surface area contributed by atoms with Crippen molar-refractivity contribution in [3.63, 3.8) is 0 Å². The molecule has 0 unspecified atom stereocenters. The summed E-state index contributed by atoms with van der Waals surface area (Å²) in [7, 11) is 1.49. The summed E-state index contributed by atoms with van der Waals surface area (Å²) in [5, 5.41) is 5.70. The fourth-order valence-corrected chi connectivity index (χ4v) is 4.08. The van der Waals surface area contributed by atoms with E-state index in [1.807, 2.05) is 17.5 Å². The average Bonchev–Trinajstić information content (AvgIpc) is 3.21. The molecule has 3 rings (SSSR count). The molecule has 29 heavy (non-hydrogen) atoms. The zero-order chi connectivity index (χ0) is 20.8. The van der Waals surface area contributed by atoms with E-state index >= 15 is 0 Å². The highest BCUT2D eigenvalue weighted by Gasteiger charge is 2.28. The molecule has 2 aromatic rings. The maximum atomic E-state index is 12.5. The first-order valence-electron chi connectivity index (χ1n) is 9.58. The molecule has 1 aliphatic heterocycles. The van der Waals surface area contributed by atoms with Crippen molar-refractivity contribution in [2.45, 2.75) is 26.3 Å². The molecule has 0 saturated carbocycles. The van der Waals surface area contributed by atoms with Crippen LogP contribution in [-0.2, 0) is 20.9 Å². The van der Waals surface area contributed by atoms with Crippen LogP contribution in [0.5, 0.6) is 0 Å². The number of Topliss-reactive ketones (excluding diaryl/α,β-unsaturated/α-hetero) is 1. The molecule has 1 saturated heterocycles. The molecule has 0 aliphatic carbocycles. The number of thiazole rings is 1. The summed E-state index contributed by atoms with van der Waals surface area (Å²) in [6, 6.07) is 7.33. The van der Waals surface area contributed by atoms with Gasteiger partial charge in [0.1, 0.15) is 11.6 Å². The maximum absolute atomic E-state index is 12.5. The molecular formula is C21H25N3O4S. The smallest absolute Gasteiger partial charge is 0.248 e. The van der Waals surface area contributed by atoms with Gasteiger partial charge in [0.25, 0.3) is 0 Å². The first kappa shape index (κ1) is 21.1. The number of hydrogen-bond donors (Lipinski definition) is 1. The summed E-state index contributed by atoms with van der Waals surface area (Å²) in [6.07, 6.45) is 1.58. The number of piperidine rings is 1. The van der Waals surface area contributed by atoms with E-state index in [4.69, 9.17) is 4.74 Å². The first-order valence-corrected chi connectivity index (χ1v) is 10.5. The van der Waals surface area contributed by atoms with Gasteiger partial charge in [0.15, 0.2) is 5.78 Å². The van der Waals surface area contributed by atoms with Crippen LogP contribution >= 0.6 is 11.3 Å². The number of carbonyl (C=O) groups excluding carboxylic acids is 3. The SMILES string of the molecule is COCC(=O)N1CCC[C@H](C(=O)NCc2nc(-c3ccc(C(C)=O)cc3)cs2)C1. The molecular weight excluding hydrogens is 390 g/mol. The number of likely N-dealkylation sites (tertiary alicyclic amines) is 1. The van der Waals surface area contributed by atoms with Crippen molar-refractivity contribution in [1.29, 1.82) is 0 Å². The number of ketones is 1. The molecule has 2 amide bonds. The largest absolute Gasteiger partial charge is 0.375 e. The van der Waals surface area contributed by atoms with E-state index in [0.29, 0.717) is 25.2 Å². The second-order valence-electron chi connectivity index (χ2n) is 7.09. The molecule has 7 nitrogen and oxygen atoms in total. The zero-order valence-corrected chi connectivity index (χ0v) is 17.5. The van der Waals surface area contributed by atoms with Crippen LogP contribution in [0.4, 0.5) is 0 Å². The van der Waals surface area contributed by atoms with Crippen LogP contribution in [0.3, 0.4) is 0 Å². The topological polar surface area (TPSA) is 88.6 Å². The summed E-state index contributed by atoms with van der Waals surface area (Å²) in [6.45, 7) is 3.04. The Kier molecular flexibility index (Phi) is 7.11. The Morgan fingerprint density at radius 1 is 1.28 bits per heavy atom. The molecule has 0 bridgehead atoms. The second kappa shape index (κ2) is 9.76. The van der Waals surface area contributed by atoms with Gasteiger partial charge in [0, 0.05) is 36.7 Å². The zero-order valence-electron chi connectivity index (χ0n) is 16.6. The van der Waals surface area contributed by atoms with Crippen LogP contribution in [0, 0.1) is 5.92 Å². The van der Waals surface area contributed by atoms with Crippen LogP contribution in [0.15, 0.2) is 29.6 Å². The summed E-state index contributed by atoms with van der Waals surface area (Å²) in [5.74, 6) is -0.306. The molecule has 0 radical (unpaired) electrons. The lowest BCUT2D eigenvalue weighted by molar-refractivity contribution is -0.139. The van der Waals surface area contributed by atoms with Crippen molar-refractivity contribution < 1.29 is 19.1 Å². The molecule has 1 aromatic carbocycles. The van der Waals surface area contributed by atoms with E-state index in [0.717, 1.165) is 29.1 Å². The molecule has 1 atom stereocenters. The van der Waals surface area contributed by atoms with Crippen LogP contribution in [-0.4, -0.2) is 54.3 Å². The molecule has 8 heteroatoms. The van der Waals surface area contributed by atoms with E-state index in [1.165, 1.54) is 25.4 Å². The second-order valence-corrected chi connectivity index (χ2v) is 8.03. The Bertz CT molecular complexity index is 878. The maximum Gasteiger partial charge on any atom is 0.248 e. The fourth-order valence-electron chi connectivity index (χ4n) is 3.34. The number of rotatable bonds is 7. The number of nitrogens with one attached hydrogen (secondary N) is 1. The third kappa shape index (κ3) is 5.48. The molecule has 1 N–H and O–H groups in total. The quantitative estimate of drug-likeness (QED) is 0.702. The lowest BCUT2D eigenvalue weighted by Gasteiger charge is -2.31. The highest BCUT2D eigenvalue weighted by atomic mass is 32.1. The number of amides is 2. The number of nitrogens with zero attached hydrogens (tertiary/aromatic N) is 2. The van der Waals surface area contributed by atoms with Crippen molar-refractivity contribution in [1.82, 2.24) is 15.2 Å². The molecule has 0 spiro atoms. The Hall–Kier alpha value is -2.58. The van der Waals surface area contributed by atoms with Crippen molar-refractivity contribution in [2.75, 3.05) is 26.8 Å². The van der Waals surface area contributed by atoms with Gasteiger partial charge < -0.3 is 15.0 Å². The van der Waals surface area contributed by atoms with Crippen molar-refractivity contribution in [3.8, 4) is 11.3 Å². The summed E-state index contributed by atoms with van der Waals surface area (Å²) in [5.41, 5.74) is 2.42. The summed E-state index contributed by atoms with van der Waals surface area (Å²) in [4.78, 5) is 42.2. The predicted octanol–water partition coefficient (Wildman–Crippen LogP) is 2.51. The van der Waals surface area contributed by atoms with E-state index < -0.39 is 0 Å². The number of methoxy groups -OCH3 is 1. The monoisotopic (exact) mass is 415 g/mol. The Labute approximate surface area is 174 Å². The number of hydrogen-bond acceptors (Lipinski definition) is 6. The van der Waals surface area contributed by atoms with E-state index in [1.54, 1.807) is 17.0 Å². The van der Waals surface area contributed by atoms with E-state index in [9.17, 15) is 14.4 Å². The minimum atomic E-state index is -0.205. The molecule has 2 heterocycles. The normalized spacial score (nSPS) is 16.5. The minimum absolute atomic E-state index is 0.0310. The van der Waals surface area contributed by atoms with Gasteiger partial charge >= 0.3 is 0 Å². The van der Waals surface area contributed by atoms with Crippen molar-refractivity contribution in [3.05, 3.63) is 40.2 Å². The third-order valence-corrected chi connectivity index (χ3v) is 5.81. The first-order chi connectivity index (χ1) is 14.0. The lowest BCUT2D eigenvalue weighted by Crippen LogP contribution is -2.46. The third-order valence-electron chi connectivity index (χ3n) is 4.97. The van der Waals surface area contributed by atoms with Gasteiger partial charge in [0.05, 0.1) is 18.2 Å². The average molecular weight is 416 g/mol. The number of carbonyl (C=O) groups is 3. The highest BCUT2D eigenvalue weighted by molar-refractivity contribution is 7.09. The van der Waals surface area contributed by atoms with Crippen molar-refractivity contribution in [2.24, 2.45) is 5.92 Å². The van der Waals surface area contributed by atoms with Crippen LogP contribution in [0.1, 0.15) is 35.1 Å². The molecule has 1 fully saturated rings. The van der Waals surface area contributed by atoms with Gasteiger partial charge in [-0.15, -0.1) is 11.3 Å². The van der Waals surface area contributed by atoms with E-state index in [2.05, 4.69) is 10.3 Å². The molecule has 1 aromatic heterocycles. The number of aromatic nitrogens is 1. The Balaban J connectivity index is 1.54. The fraction of sp³-hybridized carbons (Fsp3) is 0.429. The van der Waals surface area contributed by atoms with Crippen LogP contribution in [0.25, 0.3) is 11.3 Å². The van der Waals surface area contributed by atoms with Crippen molar-refractivity contribution >= 4 is 28.9 Å². The lowest BCUT2D eigenvalue weighted by atomic mass is 9.97. The standard InChI is InChI=1S/C21H25N3O4S/c1-14(25)15-5-7-16(8-6-15)18-13-29-19(23-18)10-22-21(27)17-4-3-9-24(11-17)20(26)12-28-2/h5-8,13,17H,3-4,9-12H2,1-2H3,(H,22,27)/t17-/m0/s1. The molecule has 154 valence electrons. The van der Waals surface area contributed by atoms with Gasteiger partial charge in [-0.05, 0) is 19.8 Å².